The maximum Gasteiger partial charge on any atom is 0.0600 e. The van der Waals surface area contributed by atoms with Crippen molar-refractivity contribution in [1.29, 1.82) is 0 Å². The number of rotatable bonds is 0. The van der Waals surface area contributed by atoms with Crippen LogP contribution in [0, 0.1) is 11.8 Å². The van der Waals surface area contributed by atoms with Gasteiger partial charge in [-0.05, 0) is 37.5 Å². The van der Waals surface area contributed by atoms with E-state index in [1.807, 2.05) is 0 Å². The zero-order chi connectivity index (χ0) is 7.42. The lowest BCUT2D eigenvalue weighted by molar-refractivity contribution is -0.198. The van der Waals surface area contributed by atoms with Gasteiger partial charge in [0.05, 0.1) is 18.3 Å². The van der Waals surface area contributed by atoms with Gasteiger partial charge in [0.25, 0.3) is 0 Å². The minimum Gasteiger partial charge on any atom is -0.393 e. The normalized spacial score (nSPS) is 60.3. The fourth-order valence-electron chi connectivity index (χ4n) is 3.17. The van der Waals surface area contributed by atoms with Crippen LogP contribution in [0.4, 0.5) is 0 Å². The molecule has 0 spiro atoms. The highest BCUT2D eigenvalue weighted by Gasteiger charge is 2.48. The fourth-order valence-corrected chi connectivity index (χ4v) is 3.17. The van der Waals surface area contributed by atoms with E-state index in [1.54, 1.807) is 0 Å². The van der Waals surface area contributed by atoms with E-state index in [-0.39, 0.29) is 6.10 Å². The van der Waals surface area contributed by atoms with E-state index in [0.29, 0.717) is 24.0 Å². The Balaban J connectivity index is 1.91. The molecule has 2 aliphatic heterocycles. The smallest absolute Gasteiger partial charge is 0.0600 e. The first-order chi connectivity index (χ1) is 5.33. The Morgan fingerprint density at radius 2 is 1.36 bits per heavy atom. The average Bonchev–Trinajstić information content (AvgIpc) is 1.98. The van der Waals surface area contributed by atoms with Gasteiger partial charge in [0, 0.05) is 0 Å². The largest absolute Gasteiger partial charge is 0.393 e. The van der Waals surface area contributed by atoms with Gasteiger partial charge in [-0.2, -0.15) is 0 Å². The minimum atomic E-state index is 0.00593. The second-order valence-corrected chi connectivity index (χ2v) is 4.33. The van der Waals surface area contributed by atoms with E-state index < -0.39 is 0 Å². The summed E-state index contributed by atoms with van der Waals surface area (Å²) in [6.07, 6.45) is 5.48. The molecule has 2 saturated heterocycles. The molecule has 4 rings (SSSR count). The van der Waals surface area contributed by atoms with E-state index in [1.165, 1.54) is 0 Å². The molecule has 62 valence electrons. The molecule has 0 aromatic rings. The number of aliphatic hydroxyl groups excluding tert-OH is 1. The molecule has 0 aromatic carbocycles. The molecule has 4 aliphatic rings. The first-order valence-corrected chi connectivity index (χ1v) is 4.66. The summed E-state index contributed by atoms with van der Waals surface area (Å²) in [5.74, 6) is 1.15. The van der Waals surface area contributed by atoms with E-state index in [4.69, 9.17) is 4.74 Å². The Kier molecular flexibility index (Phi) is 1.16. The molecule has 2 heterocycles. The predicted octanol–water partition coefficient (Wildman–Crippen LogP) is 0.935. The van der Waals surface area contributed by atoms with E-state index >= 15 is 0 Å². The molecule has 1 N–H and O–H groups in total. The first-order valence-electron chi connectivity index (χ1n) is 4.66. The van der Waals surface area contributed by atoms with Crippen LogP contribution in [0.5, 0.6) is 0 Å². The van der Waals surface area contributed by atoms with Gasteiger partial charge in [-0.15, -0.1) is 0 Å². The molecule has 0 unspecified atom stereocenters. The third-order valence-corrected chi connectivity index (χ3v) is 3.61. The van der Waals surface area contributed by atoms with Crippen molar-refractivity contribution < 1.29 is 9.84 Å². The molecule has 4 fully saturated rings. The number of aliphatic hydroxyl groups is 1. The van der Waals surface area contributed by atoms with Crippen molar-refractivity contribution in [1.82, 2.24) is 0 Å². The molecule has 0 radical (unpaired) electrons. The fraction of sp³-hybridized carbons (Fsp3) is 1.00. The van der Waals surface area contributed by atoms with Crippen molar-refractivity contribution >= 4 is 0 Å². The molecule has 2 nitrogen and oxygen atoms in total. The summed E-state index contributed by atoms with van der Waals surface area (Å²) in [7, 11) is 0. The van der Waals surface area contributed by atoms with Gasteiger partial charge < -0.3 is 9.84 Å². The first kappa shape index (κ1) is 6.44. The van der Waals surface area contributed by atoms with E-state index in [9.17, 15) is 5.11 Å². The zero-order valence-electron chi connectivity index (χ0n) is 6.57. The van der Waals surface area contributed by atoms with Crippen molar-refractivity contribution in [2.24, 2.45) is 11.8 Å². The van der Waals surface area contributed by atoms with Crippen LogP contribution in [0.2, 0.25) is 0 Å². The molecule has 0 amide bonds. The minimum absolute atomic E-state index is 0.00593. The monoisotopic (exact) mass is 154 g/mol. The summed E-state index contributed by atoms with van der Waals surface area (Å²) in [6, 6.07) is 0. The maximum atomic E-state index is 9.77. The van der Waals surface area contributed by atoms with Crippen molar-refractivity contribution in [3.8, 4) is 0 Å². The highest BCUT2D eigenvalue weighted by atomic mass is 16.5. The summed E-state index contributed by atoms with van der Waals surface area (Å²) in [5, 5.41) is 9.77. The molecular formula is C9H14O2. The summed E-state index contributed by atoms with van der Waals surface area (Å²) in [4.78, 5) is 0. The van der Waals surface area contributed by atoms with Crippen LogP contribution in [-0.2, 0) is 4.74 Å². The third kappa shape index (κ3) is 0.798. The lowest BCUT2D eigenvalue weighted by atomic mass is 9.65. The zero-order valence-corrected chi connectivity index (χ0v) is 6.57. The lowest BCUT2D eigenvalue weighted by Gasteiger charge is -2.52. The molecular weight excluding hydrogens is 140 g/mol. The van der Waals surface area contributed by atoms with Crippen molar-refractivity contribution in [2.75, 3.05) is 0 Å². The van der Waals surface area contributed by atoms with E-state index in [0.717, 1.165) is 25.7 Å². The van der Waals surface area contributed by atoms with E-state index in [2.05, 4.69) is 0 Å². The average molecular weight is 154 g/mol. The van der Waals surface area contributed by atoms with Crippen LogP contribution in [0.15, 0.2) is 0 Å². The summed E-state index contributed by atoms with van der Waals surface area (Å²) < 4.78 is 5.76. The highest BCUT2D eigenvalue weighted by Crippen LogP contribution is 2.47. The van der Waals surface area contributed by atoms with Gasteiger partial charge >= 0.3 is 0 Å². The summed E-state index contributed by atoms with van der Waals surface area (Å²) >= 11 is 0. The molecule has 0 atom stereocenters. The third-order valence-electron chi connectivity index (χ3n) is 3.61. The second-order valence-electron chi connectivity index (χ2n) is 4.33. The molecule has 0 aromatic heterocycles. The maximum absolute atomic E-state index is 9.77. The van der Waals surface area contributed by atoms with Crippen LogP contribution < -0.4 is 0 Å². The Labute approximate surface area is 66.5 Å². The number of hydrogen-bond acceptors (Lipinski definition) is 2. The SMILES string of the molecule is OC1C2CC3CC1CC(C2)O3. The Hall–Kier alpha value is -0.0800. The Morgan fingerprint density at radius 1 is 0.909 bits per heavy atom. The Morgan fingerprint density at radius 3 is 1.82 bits per heavy atom. The predicted molar refractivity (Wildman–Crippen MR) is 40.1 cm³/mol. The highest BCUT2D eigenvalue weighted by molar-refractivity contribution is 4.98. The molecule has 2 heteroatoms. The van der Waals surface area contributed by atoms with Crippen molar-refractivity contribution in [3.63, 3.8) is 0 Å². The van der Waals surface area contributed by atoms with Crippen LogP contribution >= 0.6 is 0 Å². The quantitative estimate of drug-likeness (QED) is 0.562. The lowest BCUT2D eigenvalue weighted by Crippen LogP contribution is -2.53. The second kappa shape index (κ2) is 1.99. The van der Waals surface area contributed by atoms with Crippen molar-refractivity contribution in [2.45, 2.75) is 44.0 Å². The molecule has 11 heavy (non-hydrogen) atoms. The van der Waals surface area contributed by atoms with Crippen LogP contribution in [-0.4, -0.2) is 23.4 Å². The van der Waals surface area contributed by atoms with Gasteiger partial charge in [-0.25, -0.2) is 0 Å². The number of ether oxygens (including phenoxy) is 1. The van der Waals surface area contributed by atoms with Gasteiger partial charge in [-0.1, -0.05) is 0 Å². The van der Waals surface area contributed by atoms with Crippen LogP contribution in [0.3, 0.4) is 0 Å². The van der Waals surface area contributed by atoms with Gasteiger partial charge in [0.2, 0.25) is 0 Å². The van der Waals surface area contributed by atoms with Gasteiger partial charge in [0.1, 0.15) is 0 Å². The van der Waals surface area contributed by atoms with Gasteiger partial charge in [-0.3, -0.25) is 0 Å². The molecule has 2 aliphatic carbocycles. The summed E-state index contributed by atoms with van der Waals surface area (Å²) in [6.45, 7) is 0. The van der Waals surface area contributed by atoms with Crippen LogP contribution in [0.1, 0.15) is 25.7 Å². The summed E-state index contributed by atoms with van der Waals surface area (Å²) in [5.41, 5.74) is 0. The molecule has 2 saturated carbocycles. The number of hydrogen-bond donors (Lipinski definition) is 1. The molecule has 4 bridgehead atoms. The van der Waals surface area contributed by atoms with Crippen LogP contribution in [0.25, 0.3) is 0 Å². The van der Waals surface area contributed by atoms with Gasteiger partial charge in [0.15, 0.2) is 0 Å². The van der Waals surface area contributed by atoms with Crippen molar-refractivity contribution in [3.05, 3.63) is 0 Å². The standard InChI is InChI=1S/C9H14O2/c10-9-5-1-7-3-6(9)4-8(2-5)11-7/h5-10H,1-4H2. The topological polar surface area (TPSA) is 29.5 Å². The Bertz CT molecular complexity index is 150.